The molecule has 1 aliphatic rings. The lowest BCUT2D eigenvalue weighted by Gasteiger charge is -2.35. The van der Waals surface area contributed by atoms with E-state index in [9.17, 15) is 37.5 Å². The van der Waals surface area contributed by atoms with Crippen molar-refractivity contribution in [2.24, 2.45) is 12.5 Å². The van der Waals surface area contributed by atoms with E-state index in [1.807, 2.05) is 81.5 Å². The van der Waals surface area contributed by atoms with Gasteiger partial charge in [0.15, 0.2) is 5.65 Å². The number of nitrogens with zero attached hydrogens (tertiary/aromatic N) is 8. The predicted molar refractivity (Wildman–Crippen MR) is 287 cm³/mol. The van der Waals surface area contributed by atoms with E-state index in [2.05, 4.69) is 36.3 Å². The third-order valence-corrected chi connectivity index (χ3v) is 15.1. The summed E-state index contributed by atoms with van der Waals surface area (Å²) in [6.45, 7) is 10.8. The molecule has 404 valence electrons. The number of alkyl halides is 3. The Hall–Kier alpha value is -6.93. The molecule has 5 heterocycles. The highest BCUT2D eigenvalue weighted by atomic mass is 32.1. The lowest BCUT2D eigenvalue weighted by Crippen LogP contribution is -2.57. The molecule has 16 nitrogen and oxygen atoms in total. The van der Waals surface area contributed by atoms with Crippen LogP contribution in [0, 0.1) is 12.3 Å². The van der Waals surface area contributed by atoms with Gasteiger partial charge in [0, 0.05) is 73.9 Å². The molecular weight excluding hydrogens is 996 g/mol. The summed E-state index contributed by atoms with van der Waals surface area (Å²) in [6.07, 6.45) is 6.53. The molecule has 1 aliphatic heterocycles. The summed E-state index contributed by atoms with van der Waals surface area (Å²) in [5, 5.41) is 34.5. The maximum atomic E-state index is 14.1. The standard InChI is InChI=1S/C56H68F3N11O5S/c1-35(37-17-19-38(20-18-37)49-36(2)61-34-76-49)62-53(74)47-30-43(71)32-69(47)54(75)50(55(3,4)5)63-48(72)16-12-10-11-15-41-31-68(66-64-41)28-14-9-7-8-13-27-60-52(73)39-21-26-46-44(29-39)45-33-67(6)65-51(45)70(46)42-24-22-40(23-25-42)56(57,58)59/h17-26,29,31,33-35,43,47,50,71H,7-16,27-28,30,32H2,1-6H3,(H,60,73)(H,62,74)(H,63,72)/t35-,43+,47-,50+/m0/s1. The molecule has 0 aliphatic carbocycles. The van der Waals surface area contributed by atoms with E-state index in [0.717, 1.165) is 114 Å². The zero-order valence-corrected chi connectivity index (χ0v) is 44.8. The van der Waals surface area contributed by atoms with E-state index in [1.165, 1.54) is 17.0 Å². The van der Waals surface area contributed by atoms with Crippen LogP contribution in [0.1, 0.15) is 131 Å². The monoisotopic (exact) mass is 1060 g/mol. The van der Waals surface area contributed by atoms with Crippen molar-refractivity contribution in [3.63, 3.8) is 0 Å². The summed E-state index contributed by atoms with van der Waals surface area (Å²) in [4.78, 5) is 61.1. The van der Waals surface area contributed by atoms with Crippen LogP contribution in [0.5, 0.6) is 0 Å². The minimum absolute atomic E-state index is 0.00409. The molecule has 3 aromatic carbocycles. The fraction of sp³-hybridized carbons (Fsp3) is 0.464. The van der Waals surface area contributed by atoms with Gasteiger partial charge in [0.05, 0.1) is 45.0 Å². The Morgan fingerprint density at radius 1 is 0.868 bits per heavy atom. The van der Waals surface area contributed by atoms with Gasteiger partial charge in [-0.3, -0.25) is 33.1 Å². The van der Waals surface area contributed by atoms with Crippen LogP contribution in [0.3, 0.4) is 0 Å². The first-order chi connectivity index (χ1) is 36.2. The molecule has 4 aromatic heterocycles. The number of aryl methyl sites for hydroxylation is 4. The fourth-order valence-corrected chi connectivity index (χ4v) is 10.7. The first-order valence-electron chi connectivity index (χ1n) is 26.2. The average Bonchev–Trinajstić information content (AvgIpc) is 4.24. The van der Waals surface area contributed by atoms with Crippen molar-refractivity contribution in [2.75, 3.05) is 13.1 Å². The number of unbranched alkanes of at least 4 members (excludes halogenated alkanes) is 6. The van der Waals surface area contributed by atoms with Crippen LogP contribution in [0.25, 0.3) is 38.1 Å². The fourth-order valence-electron chi connectivity index (χ4n) is 9.91. The predicted octanol–water partition coefficient (Wildman–Crippen LogP) is 9.41. The first kappa shape index (κ1) is 55.3. The number of β-amino-alcohol motifs (C(OH)–C–C–N with tert-alkyl or cyclic N) is 1. The summed E-state index contributed by atoms with van der Waals surface area (Å²) in [5.74, 6) is -1.18. The Morgan fingerprint density at radius 2 is 1.59 bits per heavy atom. The van der Waals surface area contributed by atoms with Crippen molar-refractivity contribution in [2.45, 2.75) is 142 Å². The maximum Gasteiger partial charge on any atom is 0.416 e. The highest BCUT2D eigenvalue weighted by molar-refractivity contribution is 7.13. The van der Waals surface area contributed by atoms with Gasteiger partial charge in [-0.1, -0.05) is 75.9 Å². The number of benzene rings is 3. The van der Waals surface area contributed by atoms with Crippen LogP contribution in [-0.4, -0.2) is 99.2 Å². The molecule has 4 N–H and O–H groups in total. The summed E-state index contributed by atoms with van der Waals surface area (Å²) >= 11 is 1.57. The van der Waals surface area contributed by atoms with Crippen molar-refractivity contribution in [1.82, 2.24) is 55.2 Å². The molecule has 0 radical (unpaired) electrons. The largest absolute Gasteiger partial charge is 0.416 e. The normalized spacial score (nSPS) is 15.8. The van der Waals surface area contributed by atoms with E-state index in [1.54, 1.807) is 45.8 Å². The second kappa shape index (κ2) is 24.0. The number of carbonyl (C=O) groups is 4. The Morgan fingerprint density at radius 3 is 2.30 bits per heavy atom. The van der Waals surface area contributed by atoms with Crippen molar-refractivity contribution >= 4 is 56.9 Å². The Bertz CT molecular complexity index is 3140. The topological polar surface area (TPSA) is 194 Å². The van der Waals surface area contributed by atoms with Crippen LogP contribution in [-0.2, 0) is 40.6 Å². The van der Waals surface area contributed by atoms with Gasteiger partial charge in [-0.05, 0) is 105 Å². The minimum Gasteiger partial charge on any atom is -0.391 e. The molecule has 0 spiro atoms. The van der Waals surface area contributed by atoms with Gasteiger partial charge < -0.3 is 26.0 Å². The van der Waals surface area contributed by atoms with Crippen molar-refractivity contribution < 1.29 is 37.5 Å². The van der Waals surface area contributed by atoms with E-state index in [0.29, 0.717) is 29.9 Å². The van der Waals surface area contributed by atoms with Crippen LogP contribution in [0.4, 0.5) is 13.2 Å². The second-order valence-corrected chi connectivity index (χ2v) is 21.9. The smallest absolute Gasteiger partial charge is 0.391 e. The van der Waals surface area contributed by atoms with E-state index in [4.69, 9.17) is 0 Å². The number of carbonyl (C=O) groups excluding carboxylic acids is 4. The molecule has 0 unspecified atom stereocenters. The Labute approximate surface area is 444 Å². The Kier molecular flexibility index (Phi) is 17.4. The molecule has 7 aromatic rings. The molecule has 1 fully saturated rings. The van der Waals surface area contributed by atoms with Crippen molar-refractivity contribution in [3.8, 4) is 16.1 Å². The summed E-state index contributed by atoms with van der Waals surface area (Å²) in [6, 6.07) is 16.1. The number of likely N-dealkylation sites (tertiary alicyclic amines) is 1. The van der Waals surface area contributed by atoms with Crippen LogP contribution < -0.4 is 16.0 Å². The number of nitrogens with one attached hydrogen (secondary N) is 3. The average molecular weight is 1060 g/mol. The Balaban J connectivity index is 0.707. The maximum absolute atomic E-state index is 14.1. The number of hydrogen-bond donors (Lipinski definition) is 4. The molecule has 0 bridgehead atoms. The highest BCUT2D eigenvalue weighted by Crippen LogP contribution is 2.35. The van der Waals surface area contributed by atoms with Gasteiger partial charge >= 0.3 is 6.18 Å². The lowest BCUT2D eigenvalue weighted by molar-refractivity contribution is -0.144. The van der Waals surface area contributed by atoms with Crippen molar-refractivity contribution in [1.29, 1.82) is 0 Å². The molecule has 1 saturated heterocycles. The highest BCUT2D eigenvalue weighted by Gasteiger charge is 2.44. The first-order valence-corrected chi connectivity index (χ1v) is 27.0. The van der Waals surface area contributed by atoms with Gasteiger partial charge in [-0.2, -0.15) is 18.3 Å². The quantitative estimate of drug-likeness (QED) is 0.0479. The number of aliphatic hydroxyl groups is 1. The number of halogens is 3. The number of hydrogen-bond acceptors (Lipinski definition) is 10. The van der Waals surface area contributed by atoms with E-state index >= 15 is 0 Å². The number of thiazole rings is 1. The second-order valence-electron chi connectivity index (χ2n) is 21.1. The van der Waals surface area contributed by atoms with E-state index in [-0.39, 0.29) is 43.1 Å². The number of aromatic nitrogens is 7. The molecular formula is C56H68F3N11O5S. The lowest BCUT2D eigenvalue weighted by atomic mass is 9.85. The molecule has 20 heteroatoms. The van der Waals surface area contributed by atoms with Crippen molar-refractivity contribution in [3.05, 3.63) is 113 Å². The number of amides is 4. The van der Waals surface area contributed by atoms with Crippen LogP contribution >= 0.6 is 11.3 Å². The van der Waals surface area contributed by atoms with Gasteiger partial charge in [-0.25, -0.2) is 4.98 Å². The molecule has 0 saturated carbocycles. The SMILES string of the molecule is Cc1ncsc1-c1ccc([C@H](C)NC(=O)[C@@H]2C[C@@H](O)CN2C(=O)[C@@H](NC(=O)CCCCCc2cn(CCCCCCCNC(=O)c3ccc4c(c3)c3cn(C)nc3n4-c3ccc(C(F)(F)F)cc3)nn2)C(C)(C)C)cc1. The number of aliphatic hydroxyl groups excluding tert-OH is 1. The summed E-state index contributed by atoms with van der Waals surface area (Å²) in [7, 11) is 1.78. The summed E-state index contributed by atoms with van der Waals surface area (Å²) in [5.41, 5.74) is 6.59. The number of rotatable bonds is 22. The third-order valence-electron chi connectivity index (χ3n) is 14.1. The van der Waals surface area contributed by atoms with Gasteiger partial charge in [0.2, 0.25) is 17.7 Å². The van der Waals surface area contributed by atoms with E-state index < -0.39 is 41.2 Å². The van der Waals surface area contributed by atoms with Crippen LogP contribution in [0.15, 0.2) is 84.6 Å². The molecule has 76 heavy (non-hydrogen) atoms. The van der Waals surface area contributed by atoms with Gasteiger partial charge in [0.25, 0.3) is 5.91 Å². The minimum atomic E-state index is -4.44. The summed E-state index contributed by atoms with van der Waals surface area (Å²) < 4.78 is 45.1. The molecule has 4 amide bonds. The van der Waals surface area contributed by atoms with Crippen LogP contribution in [0.2, 0.25) is 0 Å². The molecule has 4 atom stereocenters. The zero-order valence-electron chi connectivity index (χ0n) is 44.0. The molecule has 8 rings (SSSR count). The zero-order chi connectivity index (χ0) is 54.3. The van der Waals surface area contributed by atoms with Gasteiger partial charge in [-0.15, -0.1) is 16.4 Å². The van der Waals surface area contributed by atoms with Gasteiger partial charge in [0.1, 0.15) is 12.1 Å². The number of fused-ring (bicyclic) bond motifs is 3. The third kappa shape index (κ3) is 13.4.